The van der Waals surface area contributed by atoms with Crippen LogP contribution >= 0.6 is 15.9 Å². The van der Waals surface area contributed by atoms with Gasteiger partial charge in [-0.15, -0.1) is 0 Å². The summed E-state index contributed by atoms with van der Waals surface area (Å²) < 4.78 is 6.20. The number of aryl methyl sites for hydroxylation is 1. The van der Waals surface area contributed by atoms with E-state index >= 15 is 0 Å². The zero-order chi connectivity index (χ0) is 14.4. The average molecular weight is 325 g/mol. The quantitative estimate of drug-likeness (QED) is 0.676. The molecule has 0 amide bonds. The molecule has 1 nitrogen and oxygen atoms in total. The van der Waals surface area contributed by atoms with E-state index in [0.717, 1.165) is 12.2 Å². The highest BCUT2D eigenvalue weighted by Crippen LogP contribution is 2.47. The average Bonchev–Trinajstić information content (AvgIpc) is 2.29. The Kier molecular flexibility index (Phi) is 3.77. The molecule has 1 aromatic rings. The van der Waals surface area contributed by atoms with E-state index in [0.29, 0.717) is 10.9 Å². The molecule has 0 spiro atoms. The van der Waals surface area contributed by atoms with Crippen LogP contribution in [-0.4, -0.2) is 10.9 Å². The molecular formula is C17H25BrO. The standard InChI is InChI=1S/C17H25BrO/c1-11-9-12(16(2,3)4)7-8-13(11)19-15-10-14(18)17(15,5)6/h7-9,14-15H,10H2,1-6H3. The summed E-state index contributed by atoms with van der Waals surface area (Å²) in [4.78, 5) is 0.569. The molecular weight excluding hydrogens is 300 g/mol. The van der Waals surface area contributed by atoms with E-state index in [1.54, 1.807) is 0 Å². The first-order valence-corrected chi connectivity index (χ1v) is 7.96. The molecule has 0 saturated heterocycles. The monoisotopic (exact) mass is 324 g/mol. The Labute approximate surface area is 125 Å². The molecule has 0 aromatic heterocycles. The van der Waals surface area contributed by atoms with Gasteiger partial charge in [-0.1, -0.05) is 62.7 Å². The number of hydrogen-bond acceptors (Lipinski definition) is 1. The van der Waals surface area contributed by atoms with Crippen molar-refractivity contribution in [1.82, 2.24) is 0 Å². The maximum atomic E-state index is 6.20. The van der Waals surface area contributed by atoms with Crippen LogP contribution in [0.15, 0.2) is 18.2 Å². The van der Waals surface area contributed by atoms with E-state index < -0.39 is 0 Å². The number of hydrogen-bond donors (Lipinski definition) is 0. The van der Waals surface area contributed by atoms with Gasteiger partial charge in [-0.25, -0.2) is 0 Å². The Morgan fingerprint density at radius 2 is 1.89 bits per heavy atom. The third kappa shape index (κ3) is 2.84. The molecule has 0 aliphatic heterocycles. The molecule has 0 radical (unpaired) electrons. The zero-order valence-electron chi connectivity index (χ0n) is 12.9. The van der Waals surface area contributed by atoms with Gasteiger partial charge in [0, 0.05) is 10.2 Å². The molecule has 1 aliphatic carbocycles. The van der Waals surface area contributed by atoms with Gasteiger partial charge in [0.2, 0.25) is 0 Å². The van der Waals surface area contributed by atoms with Crippen molar-refractivity contribution >= 4 is 15.9 Å². The van der Waals surface area contributed by atoms with Crippen LogP contribution < -0.4 is 4.74 Å². The molecule has 0 bridgehead atoms. The van der Waals surface area contributed by atoms with Gasteiger partial charge in [0.05, 0.1) is 0 Å². The second kappa shape index (κ2) is 4.80. The van der Waals surface area contributed by atoms with Gasteiger partial charge in [-0.05, 0) is 36.0 Å². The lowest BCUT2D eigenvalue weighted by molar-refractivity contribution is -0.00824. The Morgan fingerprint density at radius 1 is 1.26 bits per heavy atom. The molecule has 2 atom stereocenters. The first kappa shape index (κ1) is 14.9. The van der Waals surface area contributed by atoms with E-state index in [1.807, 2.05) is 0 Å². The number of ether oxygens (including phenoxy) is 1. The topological polar surface area (TPSA) is 9.23 Å². The highest BCUT2D eigenvalue weighted by atomic mass is 79.9. The molecule has 106 valence electrons. The van der Waals surface area contributed by atoms with Crippen molar-refractivity contribution in [2.24, 2.45) is 5.41 Å². The fourth-order valence-corrected chi connectivity index (χ4v) is 3.07. The Morgan fingerprint density at radius 3 is 2.32 bits per heavy atom. The smallest absolute Gasteiger partial charge is 0.122 e. The fourth-order valence-electron chi connectivity index (χ4n) is 2.44. The lowest BCUT2D eigenvalue weighted by atomic mass is 9.69. The van der Waals surface area contributed by atoms with Crippen molar-refractivity contribution in [3.63, 3.8) is 0 Å². The number of benzene rings is 1. The first-order valence-electron chi connectivity index (χ1n) is 7.04. The first-order chi connectivity index (χ1) is 8.62. The SMILES string of the molecule is Cc1cc(C(C)(C)C)ccc1OC1CC(Br)C1(C)C. The summed E-state index contributed by atoms with van der Waals surface area (Å²) in [6.07, 6.45) is 1.41. The van der Waals surface area contributed by atoms with Crippen LogP contribution in [0.5, 0.6) is 5.75 Å². The lowest BCUT2D eigenvalue weighted by Gasteiger charge is -2.48. The van der Waals surface area contributed by atoms with E-state index in [4.69, 9.17) is 4.74 Å². The van der Waals surface area contributed by atoms with Gasteiger partial charge in [0.1, 0.15) is 11.9 Å². The van der Waals surface area contributed by atoms with Gasteiger partial charge < -0.3 is 4.74 Å². The summed E-state index contributed by atoms with van der Waals surface area (Å²) in [7, 11) is 0. The third-order valence-corrected chi connectivity index (χ3v) is 5.92. The van der Waals surface area contributed by atoms with E-state index in [1.165, 1.54) is 11.1 Å². The van der Waals surface area contributed by atoms with Crippen molar-refractivity contribution in [3.8, 4) is 5.75 Å². The van der Waals surface area contributed by atoms with Crippen LogP contribution in [0.3, 0.4) is 0 Å². The van der Waals surface area contributed by atoms with Gasteiger partial charge in [-0.2, -0.15) is 0 Å². The van der Waals surface area contributed by atoms with E-state index in [2.05, 4.69) is 75.7 Å². The number of halogens is 1. The lowest BCUT2D eigenvalue weighted by Crippen LogP contribution is -2.53. The maximum absolute atomic E-state index is 6.20. The number of alkyl halides is 1. The largest absolute Gasteiger partial charge is 0.490 e. The predicted molar refractivity (Wildman–Crippen MR) is 85.4 cm³/mol. The van der Waals surface area contributed by atoms with Crippen molar-refractivity contribution in [1.29, 1.82) is 0 Å². The summed E-state index contributed by atoms with van der Waals surface area (Å²) in [5.41, 5.74) is 3.01. The van der Waals surface area contributed by atoms with Crippen LogP contribution in [0.2, 0.25) is 0 Å². The zero-order valence-corrected chi connectivity index (χ0v) is 14.5. The van der Waals surface area contributed by atoms with Gasteiger partial charge in [-0.3, -0.25) is 0 Å². The van der Waals surface area contributed by atoms with Crippen molar-refractivity contribution in [2.75, 3.05) is 0 Å². The minimum Gasteiger partial charge on any atom is -0.490 e. The van der Waals surface area contributed by atoms with Gasteiger partial charge >= 0.3 is 0 Å². The van der Waals surface area contributed by atoms with E-state index in [-0.39, 0.29) is 10.8 Å². The molecule has 2 unspecified atom stereocenters. The van der Waals surface area contributed by atoms with Crippen LogP contribution in [0.25, 0.3) is 0 Å². The second-order valence-electron chi connectivity index (χ2n) is 7.36. The summed E-state index contributed by atoms with van der Waals surface area (Å²) in [5.74, 6) is 1.03. The fraction of sp³-hybridized carbons (Fsp3) is 0.647. The Hall–Kier alpha value is -0.500. The van der Waals surface area contributed by atoms with Crippen molar-refractivity contribution in [3.05, 3.63) is 29.3 Å². The van der Waals surface area contributed by atoms with Crippen LogP contribution in [0.1, 0.15) is 52.2 Å². The Bertz CT molecular complexity index is 471. The van der Waals surface area contributed by atoms with E-state index in [9.17, 15) is 0 Å². The van der Waals surface area contributed by atoms with Crippen molar-refractivity contribution in [2.45, 2.75) is 64.3 Å². The highest BCUT2D eigenvalue weighted by Gasteiger charge is 2.48. The molecule has 1 fully saturated rings. The normalized spacial score (nSPS) is 25.8. The molecule has 2 heteroatoms. The molecule has 1 aromatic carbocycles. The molecule has 1 saturated carbocycles. The second-order valence-corrected chi connectivity index (χ2v) is 8.47. The minimum atomic E-state index is 0.194. The maximum Gasteiger partial charge on any atom is 0.122 e. The van der Waals surface area contributed by atoms with Crippen LogP contribution in [-0.2, 0) is 5.41 Å². The summed E-state index contributed by atoms with van der Waals surface area (Å²) >= 11 is 3.71. The molecule has 1 aliphatic rings. The minimum absolute atomic E-state index is 0.194. The summed E-state index contributed by atoms with van der Waals surface area (Å²) in [6.45, 7) is 13.4. The number of rotatable bonds is 2. The summed E-state index contributed by atoms with van der Waals surface area (Å²) in [5, 5.41) is 0. The molecule has 2 rings (SSSR count). The van der Waals surface area contributed by atoms with Gasteiger partial charge in [0.25, 0.3) is 0 Å². The molecule has 19 heavy (non-hydrogen) atoms. The highest BCUT2D eigenvalue weighted by molar-refractivity contribution is 9.09. The van der Waals surface area contributed by atoms with Gasteiger partial charge in [0.15, 0.2) is 0 Å². The summed E-state index contributed by atoms with van der Waals surface area (Å²) in [6, 6.07) is 6.58. The van der Waals surface area contributed by atoms with Crippen LogP contribution in [0, 0.1) is 12.3 Å². The third-order valence-electron chi connectivity index (χ3n) is 4.37. The predicted octanol–water partition coefficient (Wildman–Crippen LogP) is 5.23. The van der Waals surface area contributed by atoms with Crippen molar-refractivity contribution < 1.29 is 4.74 Å². The molecule has 0 heterocycles. The Balaban J connectivity index is 2.15. The van der Waals surface area contributed by atoms with Crippen LogP contribution in [0.4, 0.5) is 0 Å². The molecule has 0 N–H and O–H groups in total.